The van der Waals surface area contributed by atoms with E-state index in [1.807, 2.05) is 25.3 Å². The van der Waals surface area contributed by atoms with Crippen molar-refractivity contribution in [1.29, 1.82) is 0 Å². The number of thiazole rings is 1. The molecule has 3 heterocycles. The number of pyridine rings is 1. The molecule has 6 nitrogen and oxygen atoms in total. The van der Waals surface area contributed by atoms with E-state index < -0.39 is 0 Å². The molecule has 7 heteroatoms. The van der Waals surface area contributed by atoms with Crippen LogP contribution in [0.1, 0.15) is 49.6 Å². The van der Waals surface area contributed by atoms with Crippen molar-refractivity contribution in [2.75, 3.05) is 19.0 Å². The van der Waals surface area contributed by atoms with Crippen LogP contribution in [0.2, 0.25) is 0 Å². The van der Waals surface area contributed by atoms with Gasteiger partial charge in [0.25, 0.3) is 0 Å². The van der Waals surface area contributed by atoms with Gasteiger partial charge in [0.15, 0.2) is 5.13 Å². The first-order valence-corrected chi connectivity index (χ1v) is 11.7. The predicted octanol–water partition coefficient (Wildman–Crippen LogP) is 5.55. The summed E-state index contributed by atoms with van der Waals surface area (Å²) in [4.78, 5) is 11.7. The van der Waals surface area contributed by atoms with E-state index in [-0.39, 0.29) is 6.10 Å². The quantitative estimate of drug-likeness (QED) is 0.472. The second-order valence-corrected chi connectivity index (χ2v) is 8.97. The van der Waals surface area contributed by atoms with E-state index in [0.717, 1.165) is 47.5 Å². The average molecular weight is 439 g/mol. The molecular formula is C24H30N4O2S. The van der Waals surface area contributed by atoms with E-state index in [0.29, 0.717) is 12.6 Å². The molecule has 0 spiro atoms. The number of rotatable bonds is 9. The molecule has 0 unspecified atom stereocenters. The summed E-state index contributed by atoms with van der Waals surface area (Å²) in [5.74, 6) is 1.75. The third-order valence-electron chi connectivity index (χ3n) is 5.32. The van der Waals surface area contributed by atoms with Gasteiger partial charge < -0.3 is 14.8 Å². The van der Waals surface area contributed by atoms with Crippen LogP contribution in [0.3, 0.4) is 0 Å². The first kappa shape index (κ1) is 21.7. The lowest BCUT2D eigenvalue weighted by Crippen LogP contribution is -2.23. The SMILES string of the molecule is COCc1cc(CN2CCC[C@@H]2c2cccc(Nc3nccs3)n2)ccc1OC(C)C. The van der Waals surface area contributed by atoms with Crippen molar-refractivity contribution < 1.29 is 9.47 Å². The van der Waals surface area contributed by atoms with Crippen LogP contribution < -0.4 is 10.1 Å². The first-order valence-electron chi connectivity index (χ1n) is 10.8. The highest BCUT2D eigenvalue weighted by Gasteiger charge is 2.27. The minimum Gasteiger partial charge on any atom is -0.491 e. The van der Waals surface area contributed by atoms with Crippen LogP contribution in [0.25, 0.3) is 0 Å². The zero-order valence-corrected chi connectivity index (χ0v) is 19.2. The lowest BCUT2D eigenvalue weighted by Gasteiger charge is -2.25. The molecule has 1 aromatic carbocycles. The molecule has 4 rings (SSSR count). The molecule has 1 saturated heterocycles. The predicted molar refractivity (Wildman–Crippen MR) is 125 cm³/mol. The van der Waals surface area contributed by atoms with E-state index in [4.69, 9.17) is 14.5 Å². The number of nitrogens with zero attached hydrogens (tertiary/aromatic N) is 3. The number of hydrogen-bond donors (Lipinski definition) is 1. The largest absolute Gasteiger partial charge is 0.491 e. The van der Waals surface area contributed by atoms with Gasteiger partial charge in [-0.3, -0.25) is 4.90 Å². The monoisotopic (exact) mass is 438 g/mol. The summed E-state index contributed by atoms with van der Waals surface area (Å²) in [5, 5.41) is 6.13. The van der Waals surface area contributed by atoms with Crippen molar-refractivity contribution in [3.8, 4) is 5.75 Å². The van der Waals surface area contributed by atoms with Gasteiger partial charge in [0, 0.05) is 30.8 Å². The number of hydrogen-bond acceptors (Lipinski definition) is 7. The molecular weight excluding hydrogens is 408 g/mol. The van der Waals surface area contributed by atoms with Crippen molar-refractivity contribution in [2.45, 2.75) is 52.0 Å². The van der Waals surface area contributed by atoms with Crippen molar-refractivity contribution in [1.82, 2.24) is 14.9 Å². The Labute approximate surface area is 188 Å². The van der Waals surface area contributed by atoms with Gasteiger partial charge in [-0.25, -0.2) is 9.97 Å². The summed E-state index contributed by atoms with van der Waals surface area (Å²) in [6.45, 7) is 6.59. The van der Waals surface area contributed by atoms with Gasteiger partial charge in [-0.1, -0.05) is 12.1 Å². The smallest absolute Gasteiger partial charge is 0.188 e. The number of likely N-dealkylation sites (tertiary alicyclic amines) is 1. The van der Waals surface area contributed by atoms with Crippen LogP contribution >= 0.6 is 11.3 Å². The summed E-state index contributed by atoms with van der Waals surface area (Å²) < 4.78 is 11.4. The van der Waals surface area contributed by atoms with Crippen molar-refractivity contribution >= 4 is 22.3 Å². The standard InChI is InChI=1S/C24H30N4O2S/c1-17(2)30-22-10-9-18(14-19(22)16-29-3)15-28-12-5-7-21(28)20-6-4-8-23(26-20)27-24-25-11-13-31-24/h4,6,8-11,13-14,17,21H,5,7,12,15-16H2,1-3H3,(H,25,26,27)/t21-/m1/s1. The van der Waals surface area contributed by atoms with Gasteiger partial charge in [-0.05, 0) is 63.1 Å². The van der Waals surface area contributed by atoms with Gasteiger partial charge in [-0.15, -0.1) is 11.3 Å². The third kappa shape index (κ3) is 5.61. The molecule has 1 fully saturated rings. The number of ether oxygens (including phenoxy) is 2. The second kappa shape index (κ2) is 10.2. The zero-order valence-electron chi connectivity index (χ0n) is 18.4. The summed E-state index contributed by atoms with van der Waals surface area (Å²) in [5.41, 5.74) is 3.47. The maximum Gasteiger partial charge on any atom is 0.188 e. The van der Waals surface area contributed by atoms with Gasteiger partial charge in [-0.2, -0.15) is 0 Å². The van der Waals surface area contributed by atoms with Gasteiger partial charge >= 0.3 is 0 Å². The van der Waals surface area contributed by atoms with Crippen LogP contribution in [0.15, 0.2) is 48.0 Å². The fourth-order valence-electron chi connectivity index (χ4n) is 4.05. The molecule has 1 atom stereocenters. The molecule has 0 amide bonds. The number of benzene rings is 1. The van der Waals surface area contributed by atoms with Crippen LogP contribution in [0, 0.1) is 0 Å². The minimum atomic E-state index is 0.140. The number of nitrogens with one attached hydrogen (secondary N) is 1. The Morgan fingerprint density at radius 1 is 1.26 bits per heavy atom. The molecule has 164 valence electrons. The van der Waals surface area contributed by atoms with Crippen LogP contribution in [0.5, 0.6) is 5.75 Å². The maximum atomic E-state index is 5.95. The lowest BCUT2D eigenvalue weighted by molar-refractivity contribution is 0.174. The summed E-state index contributed by atoms with van der Waals surface area (Å²) in [6, 6.07) is 13.0. The average Bonchev–Trinajstić information content (AvgIpc) is 3.42. The number of aromatic nitrogens is 2. The summed E-state index contributed by atoms with van der Waals surface area (Å²) >= 11 is 1.57. The Morgan fingerprint density at radius 2 is 2.16 bits per heavy atom. The molecule has 1 N–H and O–H groups in total. The topological polar surface area (TPSA) is 59.5 Å². The van der Waals surface area contributed by atoms with E-state index in [2.05, 4.69) is 45.5 Å². The van der Waals surface area contributed by atoms with E-state index in [1.165, 1.54) is 12.0 Å². The molecule has 31 heavy (non-hydrogen) atoms. The fourth-order valence-corrected chi connectivity index (χ4v) is 4.59. The highest BCUT2D eigenvalue weighted by atomic mass is 32.1. The Bertz CT molecular complexity index is 977. The Morgan fingerprint density at radius 3 is 2.94 bits per heavy atom. The first-order chi connectivity index (χ1) is 15.1. The Balaban J connectivity index is 1.49. The number of anilines is 2. The van der Waals surface area contributed by atoms with E-state index in [9.17, 15) is 0 Å². The van der Waals surface area contributed by atoms with Crippen LogP contribution in [-0.2, 0) is 17.9 Å². The van der Waals surface area contributed by atoms with Gasteiger partial charge in [0.2, 0.25) is 0 Å². The summed E-state index contributed by atoms with van der Waals surface area (Å²) in [6.07, 6.45) is 4.23. The molecule has 2 aromatic heterocycles. The third-order valence-corrected chi connectivity index (χ3v) is 6.00. The molecule has 0 aliphatic carbocycles. The Hall–Kier alpha value is -2.48. The molecule has 0 radical (unpaired) electrons. The van der Waals surface area contributed by atoms with Crippen molar-refractivity contribution in [3.63, 3.8) is 0 Å². The minimum absolute atomic E-state index is 0.140. The van der Waals surface area contributed by atoms with Gasteiger partial charge in [0.05, 0.1) is 24.4 Å². The molecule has 1 aliphatic rings. The molecule has 0 saturated carbocycles. The van der Waals surface area contributed by atoms with Crippen molar-refractivity contribution in [2.24, 2.45) is 0 Å². The van der Waals surface area contributed by atoms with Crippen LogP contribution in [-0.4, -0.2) is 34.6 Å². The second-order valence-electron chi connectivity index (χ2n) is 8.08. The molecule has 0 bridgehead atoms. The summed E-state index contributed by atoms with van der Waals surface area (Å²) in [7, 11) is 1.72. The molecule has 1 aliphatic heterocycles. The van der Waals surface area contributed by atoms with Crippen LogP contribution in [0.4, 0.5) is 10.9 Å². The highest BCUT2D eigenvalue weighted by Crippen LogP contribution is 2.34. The zero-order chi connectivity index (χ0) is 21.6. The maximum absolute atomic E-state index is 5.95. The van der Waals surface area contributed by atoms with Crippen molar-refractivity contribution in [3.05, 3.63) is 64.8 Å². The van der Waals surface area contributed by atoms with E-state index >= 15 is 0 Å². The highest BCUT2D eigenvalue weighted by molar-refractivity contribution is 7.13. The normalized spacial score (nSPS) is 16.7. The number of methoxy groups -OCH3 is 1. The lowest BCUT2D eigenvalue weighted by atomic mass is 10.1. The Kier molecular flexibility index (Phi) is 7.17. The molecule has 3 aromatic rings. The fraction of sp³-hybridized carbons (Fsp3) is 0.417. The van der Waals surface area contributed by atoms with E-state index in [1.54, 1.807) is 24.6 Å². The van der Waals surface area contributed by atoms with Gasteiger partial charge in [0.1, 0.15) is 11.6 Å².